The van der Waals surface area contributed by atoms with E-state index in [2.05, 4.69) is 26.6 Å². The van der Waals surface area contributed by atoms with E-state index >= 15 is 0 Å². The van der Waals surface area contributed by atoms with Crippen molar-refractivity contribution in [3.63, 3.8) is 0 Å². The SMILES string of the molecule is CCCCCCN1C(c2ccc(Cl)cc2)=C(c2ccc(Cl)cc2)N(COCC[Si](C)(C)C)C1C(=O)O. The molecule has 0 amide bonds. The summed E-state index contributed by atoms with van der Waals surface area (Å²) >= 11 is 12.4. The highest BCUT2D eigenvalue weighted by molar-refractivity contribution is 6.76. The highest BCUT2D eigenvalue weighted by Gasteiger charge is 2.43. The minimum atomic E-state index is -1.28. The lowest BCUT2D eigenvalue weighted by atomic mass is 10.0. The van der Waals surface area contributed by atoms with Crippen LogP contribution in [0.1, 0.15) is 43.7 Å². The molecule has 0 aromatic heterocycles. The molecule has 1 aliphatic heterocycles. The predicted molar refractivity (Wildman–Crippen MR) is 153 cm³/mol. The Morgan fingerprint density at radius 3 is 1.89 bits per heavy atom. The summed E-state index contributed by atoms with van der Waals surface area (Å²) in [6, 6.07) is 16.2. The van der Waals surface area contributed by atoms with E-state index in [1.807, 2.05) is 58.3 Å². The molecular formula is C28H38Cl2N2O3Si. The van der Waals surface area contributed by atoms with Crippen LogP contribution in [-0.2, 0) is 9.53 Å². The van der Waals surface area contributed by atoms with Gasteiger partial charge in [0.1, 0.15) is 6.73 Å². The van der Waals surface area contributed by atoms with E-state index in [0.717, 1.165) is 54.2 Å². The number of nitrogens with zero attached hydrogens (tertiary/aromatic N) is 2. The molecular weight excluding hydrogens is 511 g/mol. The molecule has 0 bridgehead atoms. The Kier molecular flexibility index (Phi) is 10.3. The summed E-state index contributed by atoms with van der Waals surface area (Å²) < 4.78 is 6.13. The molecule has 0 fully saturated rings. The fourth-order valence-corrected chi connectivity index (χ4v) is 5.40. The third-order valence-electron chi connectivity index (χ3n) is 6.32. The molecule has 0 radical (unpaired) electrons. The number of carbonyl (C=O) groups is 1. The molecule has 36 heavy (non-hydrogen) atoms. The lowest BCUT2D eigenvalue weighted by molar-refractivity contribution is -0.148. The highest BCUT2D eigenvalue weighted by atomic mass is 35.5. The summed E-state index contributed by atoms with van der Waals surface area (Å²) in [7, 11) is -1.28. The number of carboxylic acids is 1. The van der Waals surface area contributed by atoms with Crippen molar-refractivity contribution in [2.24, 2.45) is 0 Å². The maximum Gasteiger partial charge on any atom is 0.347 e. The second kappa shape index (κ2) is 13.0. The second-order valence-electron chi connectivity index (χ2n) is 10.5. The minimum absolute atomic E-state index is 0.196. The topological polar surface area (TPSA) is 53.0 Å². The molecule has 0 saturated heterocycles. The first-order valence-corrected chi connectivity index (χ1v) is 17.2. The van der Waals surface area contributed by atoms with Gasteiger partial charge in [-0.05, 0) is 36.7 Å². The Hall–Kier alpha value is -1.99. The largest absolute Gasteiger partial charge is 0.478 e. The van der Waals surface area contributed by atoms with E-state index in [0.29, 0.717) is 23.2 Å². The first-order chi connectivity index (χ1) is 17.1. The van der Waals surface area contributed by atoms with Crippen LogP contribution in [0.3, 0.4) is 0 Å². The lowest BCUT2D eigenvalue weighted by Crippen LogP contribution is -2.47. The van der Waals surface area contributed by atoms with Crippen molar-refractivity contribution in [3.8, 4) is 0 Å². The van der Waals surface area contributed by atoms with E-state index < -0.39 is 20.2 Å². The number of hydrogen-bond acceptors (Lipinski definition) is 4. The van der Waals surface area contributed by atoms with Crippen LogP contribution < -0.4 is 0 Å². The molecule has 0 saturated carbocycles. The molecule has 5 nitrogen and oxygen atoms in total. The summed E-state index contributed by atoms with van der Waals surface area (Å²) in [6.07, 6.45) is 3.34. The first-order valence-electron chi connectivity index (χ1n) is 12.7. The number of carboxylic acid groups (broad SMARTS) is 1. The summed E-state index contributed by atoms with van der Waals surface area (Å²) in [5, 5.41) is 11.7. The first kappa shape index (κ1) is 28.6. The number of unbranched alkanes of at least 4 members (excludes halogenated alkanes) is 3. The van der Waals surface area contributed by atoms with Crippen molar-refractivity contribution in [1.29, 1.82) is 0 Å². The number of rotatable bonds is 13. The molecule has 1 atom stereocenters. The third-order valence-corrected chi connectivity index (χ3v) is 8.53. The van der Waals surface area contributed by atoms with Crippen LogP contribution in [-0.4, -0.2) is 55.0 Å². The predicted octanol–water partition coefficient (Wildman–Crippen LogP) is 7.74. The van der Waals surface area contributed by atoms with Gasteiger partial charge in [-0.3, -0.25) is 0 Å². The fraction of sp³-hybridized carbons (Fsp3) is 0.464. The van der Waals surface area contributed by atoms with Crippen molar-refractivity contribution in [2.75, 3.05) is 19.9 Å². The van der Waals surface area contributed by atoms with Gasteiger partial charge in [-0.1, -0.05) is 93.3 Å². The Balaban J connectivity index is 2.09. The van der Waals surface area contributed by atoms with Gasteiger partial charge < -0.3 is 19.6 Å². The van der Waals surface area contributed by atoms with Crippen LogP contribution in [0.4, 0.5) is 0 Å². The zero-order valence-electron chi connectivity index (χ0n) is 21.8. The number of benzene rings is 2. The number of hydrogen-bond donors (Lipinski definition) is 1. The van der Waals surface area contributed by atoms with Gasteiger partial charge >= 0.3 is 5.97 Å². The zero-order chi connectivity index (χ0) is 26.3. The van der Waals surface area contributed by atoms with Gasteiger partial charge in [-0.15, -0.1) is 0 Å². The number of halogens is 2. The van der Waals surface area contributed by atoms with E-state index in [1.54, 1.807) is 0 Å². The van der Waals surface area contributed by atoms with Gasteiger partial charge in [0.25, 0.3) is 0 Å². The van der Waals surface area contributed by atoms with Gasteiger partial charge in [0.05, 0.1) is 11.4 Å². The molecule has 3 rings (SSSR count). The van der Waals surface area contributed by atoms with Crippen molar-refractivity contribution < 1.29 is 14.6 Å². The van der Waals surface area contributed by atoms with E-state index in [1.165, 1.54) is 0 Å². The van der Waals surface area contributed by atoms with Crippen LogP contribution >= 0.6 is 23.2 Å². The van der Waals surface area contributed by atoms with Gasteiger partial charge in [-0.2, -0.15) is 0 Å². The molecule has 1 heterocycles. The van der Waals surface area contributed by atoms with E-state index in [9.17, 15) is 9.90 Å². The second-order valence-corrected chi connectivity index (χ2v) is 17.0. The van der Waals surface area contributed by atoms with Crippen molar-refractivity contribution in [1.82, 2.24) is 9.80 Å². The molecule has 1 unspecified atom stereocenters. The summed E-state index contributed by atoms with van der Waals surface area (Å²) in [5.74, 6) is -0.894. The highest BCUT2D eigenvalue weighted by Crippen LogP contribution is 2.42. The van der Waals surface area contributed by atoms with Gasteiger partial charge in [0, 0.05) is 42.4 Å². The normalized spacial score (nSPS) is 16.2. The lowest BCUT2D eigenvalue weighted by Gasteiger charge is -2.32. The molecule has 196 valence electrons. The van der Waals surface area contributed by atoms with Crippen LogP contribution in [0, 0.1) is 0 Å². The molecule has 1 aliphatic rings. The van der Waals surface area contributed by atoms with Gasteiger partial charge in [-0.25, -0.2) is 4.79 Å². The monoisotopic (exact) mass is 548 g/mol. The smallest absolute Gasteiger partial charge is 0.347 e. The molecule has 1 N–H and O–H groups in total. The van der Waals surface area contributed by atoms with Gasteiger partial charge in [0.2, 0.25) is 6.17 Å². The zero-order valence-corrected chi connectivity index (χ0v) is 24.3. The fourth-order valence-electron chi connectivity index (χ4n) is 4.39. The Morgan fingerprint density at radius 2 is 1.42 bits per heavy atom. The Bertz CT molecular complexity index is 1040. The maximum atomic E-state index is 12.8. The van der Waals surface area contributed by atoms with Crippen LogP contribution in [0.2, 0.25) is 35.7 Å². The van der Waals surface area contributed by atoms with Crippen molar-refractivity contribution in [2.45, 2.75) is 64.5 Å². The quantitative estimate of drug-likeness (QED) is 0.205. The Morgan fingerprint density at radius 1 is 0.889 bits per heavy atom. The molecule has 0 spiro atoms. The van der Waals surface area contributed by atoms with E-state index in [4.69, 9.17) is 27.9 Å². The van der Waals surface area contributed by atoms with Crippen molar-refractivity contribution in [3.05, 3.63) is 69.7 Å². The van der Waals surface area contributed by atoms with E-state index in [-0.39, 0.29) is 6.73 Å². The average molecular weight is 550 g/mol. The molecule has 2 aromatic rings. The van der Waals surface area contributed by atoms with Crippen LogP contribution in [0.25, 0.3) is 11.4 Å². The van der Waals surface area contributed by atoms with Crippen LogP contribution in [0.5, 0.6) is 0 Å². The summed E-state index contributed by atoms with van der Waals surface area (Å²) in [5.41, 5.74) is 3.55. The average Bonchev–Trinajstić information content (AvgIpc) is 3.14. The molecule has 8 heteroatoms. The number of ether oxygens (including phenoxy) is 1. The summed E-state index contributed by atoms with van der Waals surface area (Å²) in [6.45, 7) is 10.5. The minimum Gasteiger partial charge on any atom is -0.478 e. The summed E-state index contributed by atoms with van der Waals surface area (Å²) in [4.78, 5) is 16.7. The Labute approximate surface area is 226 Å². The third kappa shape index (κ3) is 7.51. The molecule has 2 aromatic carbocycles. The van der Waals surface area contributed by atoms with Gasteiger partial charge in [0.15, 0.2) is 0 Å². The molecule has 0 aliphatic carbocycles. The number of aliphatic carboxylic acids is 1. The standard InChI is InChI=1S/C28H38Cl2N2O3Si/c1-5-6-7-8-17-31-25(21-9-13-23(29)14-10-21)26(22-11-15-24(30)16-12-22)32(27(31)28(33)34)20-35-18-19-36(2,3)4/h9-16,27H,5-8,17-20H2,1-4H3,(H,33,34). The van der Waals surface area contributed by atoms with Crippen molar-refractivity contribution >= 4 is 48.6 Å². The maximum absolute atomic E-state index is 12.8. The van der Waals surface area contributed by atoms with Crippen LogP contribution in [0.15, 0.2) is 48.5 Å².